The lowest BCUT2D eigenvalue weighted by Gasteiger charge is -2.34. The van der Waals surface area contributed by atoms with E-state index in [0.29, 0.717) is 38.4 Å². The molecule has 0 unspecified atom stereocenters. The van der Waals surface area contributed by atoms with Crippen LogP contribution >= 0.6 is 0 Å². The van der Waals surface area contributed by atoms with E-state index < -0.39 is 26.7 Å². The van der Waals surface area contributed by atoms with Gasteiger partial charge in [0.1, 0.15) is 11.1 Å². The Kier molecular flexibility index (Phi) is 10.4. The molecule has 0 aromatic carbocycles. The summed E-state index contributed by atoms with van der Waals surface area (Å²) in [5.41, 5.74) is 0.814. The van der Waals surface area contributed by atoms with Crippen molar-refractivity contribution in [3.05, 3.63) is 33.2 Å². The van der Waals surface area contributed by atoms with Crippen LogP contribution in [0.2, 0.25) is 0 Å². The summed E-state index contributed by atoms with van der Waals surface area (Å²) in [7, 11) is -3.32. The molecule has 1 saturated heterocycles. The molecular formula is C31H50N4O5S. The third-order valence-corrected chi connectivity index (χ3v) is 11.5. The first-order chi connectivity index (χ1) is 19.4. The van der Waals surface area contributed by atoms with E-state index in [1.54, 1.807) is 33.8 Å². The van der Waals surface area contributed by atoms with Gasteiger partial charge in [-0.3, -0.25) is 14.4 Å². The van der Waals surface area contributed by atoms with E-state index in [0.717, 1.165) is 62.6 Å². The number of nitrogens with one attached hydrogen (secondary N) is 2. The van der Waals surface area contributed by atoms with Gasteiger partial charge in [-0.15, -0.1) is 0 Å². The fourth-order valence-corrected chi connectivity index (χ4v) is 7.86. The Morgan fingerprint density at radius 1 is 0.951 bits per heavy atom. The van der Waals surface area contributed by atoms with Crippen LogP contribution in [-0.4, -0.2) is 59.0 Å². The number of aromatic nitrogens is 1. The number of fused-ring (bicyclic) bond motifs is 1. The second-order valence-electron chi connectivity index (χ2n) is 13.2. The summed E-state index contributed by atoms with van der Waals surface area (Å²) in [6.07, 6.45) is 13.0. The van der Waals surface area contributed by atoms with Crippen molar-refractivity contribution in [2.24, 2.45) is 5.92 Å². The normalized spacial score (nSPS) is 20.2. The smallest absolute Gasteiger partial charge is 0.263 e. The van der Waals surface area contributed by atoms with Gasteiger partial charge in [0.2, 0.25) is 15.9 Å². The van der Waals surface area contributed by atoms with Crippen molar-refractivity contribution in [3.63, 3.8) is 0 Å². The number of hydrogen-bond donors (Lipinski definition) is 2. The van der Waals surface area contributed by atoms with E-state index in [4.69, 9.17) is 0 Å². The summed E-state index contributed by atoms with van der Waals surface area (Å²) in [6.45, 7) is 8.01. The molecule has 4 rings (SSSR count). The summed E-state index contributed by atoms with van der Waals surface area (Å²) in [6, 6.07) is 1.61. The van der Waals surface area contributed by atoms with Gasteiger partial charge in [-0.25, -0.2) is 12.7 Å². The van der Waals surface area contributed by atoms with E-state index in [2.05, 4.69) is 10.6 Å². The monoisotopic (exact) mass is 590 g/mol. The lowest BCUT2D eigenvalue weighted by atomic mass is 9.88. The number of rotatable bonds is 8. The second-order valence-corrected chi connectivity index (χ2v) is 15.7. The number of sulfonamides is 1. The number of carbonyl (C=O) groups excluding carboxylic acids is 2. The largest absolute Gasteiger partial charge is 0.351 e. The maximum Gasteiger partial charge on any atom is 0.263 e. The minimum Gasteiger partial charge on any atom is -0.351 e. The number of piperidine rings is 1. The van der Waals surface area contributed by atoms with Gasteiger partial charge in [-0.05, 0) is 96.6 Å². The maximum absolute atomic E-state index is 13.8. The van der Waals surface area contributed by atoms with Crippen LogP contribution in [0.3, 0.4) is 0 Å². The van der Waals surface area contributed by atoms with Crippen molar-refractivity contribution < 1.29 is 18.0 Å². The molecule has 0 radical (unpaired) electrons. The maximum atomic E-state index is 13.8. The summed E-state index contributed by atoms with van der Waals surface area (Å²) in [4.78, 5) is 40.7. The first-order valence-corrected chi connectivity index (χ1v) is 17.3. The fraction of sp³-hybridized carbons (Fsp3) is 0.774. The SMILES string of the molecule is CC(C)S(=O)(=O)N1CCC(NC(=O)C(C)(C)NC(=O)c2cc3c(n(CC4CCCCC4)c2=O)CCCCCC3)CC1. The van der Waals surface area contributed by atoms with E-state index >= 15 is 0 Å². The third-order valence-electron chi connectivity index (χ3n) is 9.25. The van der Waals surface area contributed by atoms with Gasteiger partial charge in [0.15, 0.2) is 0 Å². The van der Waals surface area contributed by atoms with E-state index in [1.165, 1.54) is 23.6 Å². The highest BCUT2D eigenvalue weighted by molar-refractivity contribution is 7.89. The molecule has 0 bridgehead atoms. The zero-order valence-electron chi connectivity index (χ0n) is 25.5. The Labute approximate surface area is 245 Å². The van der Waals surface area contributed by atoms with Crippen LogP contribution in [0, 0.1) is 5.92 Å². The molecule has 10 heteroatoms. The number of amides is 2. The minimum absolute atomic E-state index is 0.119. The number of hydrogen-bond acceptors (Lipinski definition) is 5. The minimum atomic E-state index is -3.32. The Bertz CT molecular complexity index is 1260. The summed E-state index contributed by atoms with van der Waals surface area (Å²) in [5, 5.41) is 5.37. The molecule has 0 atom stereocenters. The number of carbonyl (C=O) groups is 2. The molecule has 9 nitrogen and oxygen atoms in total. The van der Waals surface area contributed by atoms with E-state index in [1.807, 2.05) is 4.57 Å². The topological polar surface area (TPSA) is 118 Å². The van der Waals surface area contributed by atoms with Crippen molar-refractivity contribution in [2.75, 3.05) is 13.1 Å². The molecule has 2 aliphatic carbocycles. The molecule has 1 aliphatic heterocycles. The molecule has 1 aromatic rings. The number of pyridine rings is 1. The third kappa shape index (κ3) is 7.61. The highest BCUT2D eigenvalue weighted by atomic mass is 32.2. The van der Waals surface area contributed by atoms with Crippen LogP contribution in [0.4, 0.5) is 0 Å². The van der Waals surface area contributed by atoms with Crippen LogP contribution in [0.5, 0.6) is 0 Å². The Hall–Kier alpha value is -2.20. The van der Waals surface area contributed by atoms with Crippen LogP contribution in [-0.2, 0) is 34.2 Å². The van der Waals surface area contributed by atoms with Crippen LogP contribution < -0.4 is 16.2 Å². The quantitative estimate of drug-likeness (QED) is 0.476. The number of nitrogens with zero attached hydrogens (tertiary/aromatic N) is 2. The van der Waals surface area contributed by atoms with Gasteiger partial charge in [0.05, 0.1) is 5.25 Å². The zero-order chi connectivity index (χ0) is 29.8. The molecule has 2 amide bonds. The Morgan fingerprint density at radius 2 is 1.56 bits per heavy atom. The van der Waals surface area contributed by atoms with Crippen molar-refractivity contribution in [3.8, 4) is 0 Å². The van der Waals surface area contributed by atoms with Crippen molar-refractivity contribution in [2.45, 2.75) is 135 Å². The van der Waals surface area contributed by atoms with Crippen LogP contribution in [0.25, 0.3) is 0 Å². The van der Waals surface area contributed by atoms with Crippen molar-refractivity contribution in [1.82, 2.24) is 19.5 Å². The Morgan fingerprint density at radius 3 is 2.20 bits per heavy atom. The molecular weight excluding hydrogens is 540 g/mol. The molecule has 2 N–H and O–H groups in total. The first kappa shape index (κ1) is 31.7. The molecule has 2 fully saturated rings. The fourth-order valence-electron chi connectivity index (χ4n) is 6.54. The standard InChI is InChI=1S/C31H50N4O5S/c1-22(2)41(39,40)34-18-16-25(17-19-34)32-30(38)31(3,4)33-28(36)26-20-24-14-10-5-6-11-15-27(24)35(29(26)37)21-23-12-8-7-9-13-23/h20,22-23,25H,5-19,21H2,1-4H3,(H,32,38)(H,33,36). The number of aryl methyl sites for hydroxylation is 1. The lowest BCUT2D eigenvalue weighted by molar-refractivity contribution is -0.127. The van der Waals surface area contributed by atoms with Gasteiger partial charge in [0.25, 0.3) is 11.5 Å². The highest BCUT2D eigenvalue weighted by Gasteiger charge is 2.35. The van der Waals surface area contributed by atoms with Gasteiger partial charge in [0, 0.05) is 31.4 Å². The Balaban J connectivity index is 1.48. The van der Waals surface area contributed by atoms with Crippen molar-refractivity contribution in [1.29, 1.82) is 0 Å². The van der Waals surface area contributed by atoms with Crippen molar-refractivity contribution >= 4 is 21.8 Å². The van der Waals surface area contributed by atoms with Gasteiger partial charge in [-0.2, -0.15) is 0 Å². The van der Waals surface area contributed by atoms with Gasteiger partial charge >= 0.3 is 0 Å². The van der Waals surface area contributed by atoms with Crippen LogP contribution in [0.1, 0.15) is 120 Å². The zero-order valence-corrected chi connectivity index (χ0v) is 26.3. The van der Waals surface area contributed by atoms with Crippen LogP contribution in [0.15, 0.2) is 10.9 Å². The predicted molar refractivity (Wildman–Crippen MR) is 161 cm³/mol. The summed E-state index contributed by atoms with van der Waals surface area (Å²) < 4.78 is 28.4. The molecule has 230 valence electrons. The average Bonchev–Trinajstić information content (AvgIpc) is 2.91. The average molecular weight is 591 g/mol. The summed E-state index contributed by atoms with van der Waals surface area (Å²) in [5.74, 6) is -0.404. The molecule has 1 saturated carbocycles. The predicted octanol–water partition coefficient (Wildman–Crippen LogP) is 3.91. The molecule has 3 aliphatic rings. The first-order valence-electron chi connectivity index (χ1n) is 15.8. The molecule has 41 heavy (non-hydrogen) atoms. The second kappa shape index (κ2) is 13.4. The van der Waals surface area contributed by atoms with E-state index in [-0.39, 0.29) is 23.1 Å². The van der Waals surface area contributed by atoms with Gasteiger partial charge < -0.3 is 15.2 Å². The highest BCUT2D eigenvalue weighted by Crippen LogP contribution is 2.27. The lowest BCUT2D eigenvalue weighted by Crippen LogP contribution is -2.58. The van der Waals surface area contributed by atoms with Gasteiger partial charge in [-0.1, -0.05) is 32.1 Å². The molecule has 2 heterocycles. The molecule has 0 spiro atoms. The molecule has 1 aromatic heterocycles. The van der Waals surface area contributed by atoms with E-state index in [9.17, 15) is 22.8 Å². The summed E-state index contributed by atoms with van der Waals surface area (Å²) >= 11 is 0.